The van der Waals surface area contributed by atoms with E-state index in [0.717, 1.165) is 11.0 Å². The lowest BCUT2D eigenvalue weighted by Crippen LogP contribution is -2.38. The normalized spacial score (nSPS) is 22.1. The number of aromatic nitrogens is 2. The summed E-state index contributed by atoms with van der Waals surface area (Å²) >= 11 is 5.36. The smallest absolute Gasteiger partial charge is 0.295 e. The van der Waals surface area contributed by atoms with E-state index in [-0.39, 0.29) is 17.9 Å². The van der Waals surface area contributed by atoms with Crippen molar-refractivity contribution in [1.29, 1.82) is 0 Å². The van der Waals surface area contributed by atoms with Gasteiger partial charge in [0.15, 0.2) is 5.15 Å². The van der Waals surface area contributed by atoms with E-state index in [9.17, 15) is 14.0 Å². The summed E-state index contributed by atoms with van der Waals surface area (Å²) in [6.07, 6.45) is 0.934. The van der Waals surface area contributed by atoms with Gasteiger partial charge in [-0.25, -0.2) is 4.79 Å². The Labute approximate surface area is 96.1 Å². The monoisotopic (exact) mass is 246 g/mol. The van der Waals surface area contributed by atoms with Crippen LogP contribution in [0.15, 0.2) is 9.59 Å². The number of H-pyrrole nitrogens is 1. The third-order valence-electron chi connectivity index (χ3n) is 3.21. The minimum absolute atomic E-state index is 0.127. The standard InChI is InChI=1S/C10H12ClFN2O2/c1-10(2)3-5(10)4-14-8(15)6(12)7(11)13-9(14)16/h5H,3-4H2,1-2H3,(H,13,16). The Morgan fingerprint density at radius 2 is 2.12 bits per heavy atom. The van der Waals surface area contributed by atoms with Crippen molar-refractivity contribution in [1.82, 2.24) is 9.55 Å². The Bertz CT molecular complexity index is 547. The molecule has 1 atom stereocenters. The Kier molecular flexibility index (Phi) is 2.45. The van der Waals surface area contributed by atoms with E-state index in [2.05, 4.69) is 4.98 Å². The minimum atomic E-state index is -1.10. The number of nitrogens with one attached hydrogen (secondary N) is 1. The molecular weight excluding hydrogens is 235 g/mol. The zero-order valence-electron chi connectivity index (χ0n) is 9.01. The van der Waals surface area contributed by atoms with Gasteiger partial charge in [0.2, 0.25) is 5.82 Å². The van der Waals surface area contributed by atoms with Crippen LogP contribution < -0.4 is 11.2 Å². The molecule has 4 nitrogen and oxygen atoms in total. The molecule has 6 heteroatoms. The van der Waals surface area contributed by atoms with Crippen molar-refractivity contribution in [2.45, 2.75) is 26.8 Å². The molecule has 1 aliphatic carbocycles. The summed E-state index contributed by atoms with van der Waals surface area (Å²) in [5.41, 5.74) is -1.47. The van der Waals surface area contributed by atoms with E-state index in [1.807, 2.05) is 13.8 Å². The molecule has 88 valence electrons. The van der Waals surface area contributed by atoms with Crippen LogP contribution in [-0.4, -0.2) is 9.55 Å². The topological polar surface area (TPSA) is 54.9 Å². The van der Waals surface area contributed by atoms with E-state index < -0.39 is 22.2 Å². The van der Waals surface area contributed by atoms with Crippen LogP contribution in [0.2, 0.25) is 5.15 Å². The zero-order chi connectivity index (χ0) is 12.1. The molecular formula is C10H12ClFN2O2. The fourth-order valence-electron chi connectivity index (χ4n) is 1.79. The number of rotatable bonds is 2. The van der Waals surface area contributed by atoms with Crippen LogP contribution in [0.1, 0.15) is 20.3 Å². The second-order valence-corrected chi connectivity index (χ2v) is 5.24. The van der Waals surface area contributed by atoms with Crippen molar-refractivity contribution < 1.29 is 4.39 Å². The largest absolute Gasteiger partial charge is 0.329 e. The number of aromatic amines is 1. The summed E-state index contributed by atoms with van der Waals surface area (Å²) in [6.45, 7) is 4.33. The fraction of sp³-hybridized carbons (Fsp3) is 0.600. The van der Waals surface area contributed by atoms with Gasteiger partial charge in [0.1, 0.15) is 0 Å². The van der Waals surface area contributed by atoms with Crippen LogP contribution in [0.25, 0.3) is 0 Å². The third-order valence-corrected chi connectivity index (χ3v) is 3.47. The maximum Gasteiger partial charge on any atom is 0.329 e. The summed E-state index contributed by atoms with van der Waals surface area (Å²) < 4.78 is 14.1. The highest BCUT2D eigenvalue weighted by atomic mass is 35.5. The van der Waals surface area contributed by atoms with Gasteiger partial charge in [0, 0.05) is 6.54 Å². The lowest BCUT2D eigenvalue weighted by atomic mass is 10.1. The maximum atomic E-state index is 13.2. The molecule has 0 amide bonds. The molecule has 1 N–H and O–H groups in total. The molecule has 16 heavy (non-hydrogen) atoms. The van der Waals surface area contributed by atoms with Gasteiger partial charge in [-0.3, -0.25) is 14.3 Å². The van der Waals surface area contributed by atoms with Gasteiger partial charge in [-0.15, -0.1) is 0 Å². The number of nitrogens with zero attached hydrogens (tertiary/aromatic N) is 1. The highest BCUT2D eigenvalue weighted by Gasteiger charge is 2.45. The van der Waals surface area contributed by atoms with Gasteiger partial charge in [0.25, 0.3) is 5.56 Å². The van der Waals surface area contributed by atoms with Crippen LogP contribution in [-0.2, 0) is 6.54 Å². The maximum absolute atomic E-state index is 13.2. The molecule has 1 aromatic rings. The predicted octanol–water partition coefficient (Wildman–Crippen LogP) is 1.38. The lowest BCUT2D eigenvalue weighted by molar-refractivity contribution is 0.461. The number of hydrogen-bond acceptors (Lipinski definition) is 2. The molecule has 0 bridgehead atoms. The second-order valence-electron chi connectivity index (χ2n) is 4.86. The van der Waals surface area contributed by atoms with Gasteiger partial charge in [-0.1, -0.05) is 25.4 Å². The first-order valence-electron chi connectivity index (χ1n) is 5.01. The van der Waals surface area contributed by atoms with Crippen LogP contribution in [0.4, 0.5) is 4.39 Å². The van der Waals surface area contributed by atoms with E-state index in [1.165, 1.54) is 0 Å². The number of halogens is 2. The molecule has 0 spiro atoms. The van der Waals surface area contributed by atoms with E-state index in [4.69, 9.17) is 11.6 Å². The summed E-state index contributed by atoms with van der Waals surface area (Å²) in [5, 5.41) is -0.527. The predicted molar refractivity (Wildman–Crippen MR) is 58.2 cm³/mol. The van der Waals surface area contributed by atoms with Gasteiger partial charge in [-0.05, 0) is 17.8 Å². The van der Waals surface area contributed by atoms with Crippen molar-refractivity contribution in [3.63, 3.8) is 0 Å². The van der Waals surface area contributed by atoms with Crippen molar-refractivity contribution in [2.75, 3.05) is 0 Å². The molecule has 1 saturated carbocycles. The first kappa shape index (κ1) is 11.4. The summed E-state index contributed by atoms with van der Waals surface area (Å²) in [7, 11) is 0. The van der Waals surface area contributed by atoms with Gasteiger partial charge in [-0.2, -0.15) is 4.39 Å². The third kappa shape index (κ3) is 1.80. The molecule has 2 rings (SSSR count). The van der Waals surface area contributed by atoms with E-state index >= 15 is 0 Å². The second kappa shape index (κ2) is 3.45. The SMILES string of the molecule is CC1(C)CC1Cn1c(=O)[nH]c(Cl)c(F)c1=O. The quantitative estimate of drug-likeness (QED) is 0.802. The number of hydrogen-bond donors (Lipinski definition) is 1. The Balaban J connectivity index is 2.39. The van der Waals surface area contributed by atoms with Crippen LogP contribution >= 0.6 is 11.6 Å². The lowest BCUT2D eigenvalue weighted by Gasteiger charge is -2.06. The Morgan fingerprint density at radius 1 is 1.56 bits per heavy atom. The van der Waals surface area contributed by atoms with E-state index in [1.54, 1.807) is 0 Å². The molecule has 0 aromatic carbocycles. The first-order valence-corrected chi connectivity index (χ1v) is 5.39. The molecule has 0 aliphatic heterocycles. The molecule has 0 saturated heterocycles. The summed E-state index contributed by atoms with van der Waals surface area (Å²) in [4.78, 5) is 25.0. The zero-order valence-corrected chi connectivity index (χ0v) is 9.77. The van der Waals surface area contributed by atoms with Crippen molar-refractivity contribution >= 4 is 11.6 Å². The van der Waals surface area contributed by atoms with Crippen LogP contribution in [0.5, 0.6) is 0 Å². The minimum Gasteiger partial charge on any atom is -0.295 e. The molecule has 1 fully saturated rings. The van der Waals surface area contributed by atoms with Crippen LogP contribution in [0.3, 0.4) is 0 Å². The van der Waals surface area contributed by atoms with Crippen molar-refractivity contribution in [3.8, 4) is 0 Å². The van der Waals surface area contributed by atoms with Gasteiger partial charge >= 0.3 is 5.69 Å². The first-order chi connectivity index (χ1) is 7.33. The molecule has 1 unspecified atom stereocenters. The van der Waals surface area contributed by atoms with Gasteiger partial charge < -0.3 is 0 Å². The van der Waals surface area contributed by atoms with E-state index in [0.29, 0.717) is 0 Å². The Hall–Kier alpha value is -1.10. The van der Waals surface area contributed by atoms with Crippen molar-refractivity contribution in [2.24, 2.45) is 11.3 Å². The average molecular weight is 247 g/mol. The Morgan fingerprint density at radius 3 is 2.62 bits per heavy atom. The summed E-state index contributed by atoms with van der Waals surface area (Å²) in [6, 6.07) is 0. The van der Waals surface area contributed by atoms with Crippen molar-refractivity contribution in [3.05, 3.63) is 31.8 Å². The van der Waals surface area contributed by atoms with Crippen LogP contribution in [0, 0.1) is 17.2 Å². The molecule has 1 aromatic heterocycles. The highest BCUT2D eigenvalue weighted by molar-refractivity contribution is 6.29. The molecule has 0 radical (unpaired) electrons. The fourth-order valence-corrected chi connectivity index (χ4v) is 1.96. The summed E-state index contributed by atoms with van der Waals surface area (Å²) in [5.74, 6) is -0.855. The molecule has 1 heterocycles. The highest BCUT2D eigenvalue weighted by Crippen LogP contribution is 2.52. The average Bonchev–Trinajstić information content (AvgIpc) is 2.78. The van der Waals surface area contributed by atoms with Gasteiger partial charge in [0.05, 0.1) is 0 Å². The molecule has 1 aliphatic rings.